The van der Waals surface area contributed by atoms with Gasteiger partial charge in [-0.3, -0.25) is 4.90 Å². The molecule has 1 aromatic heterocycles. The van der Waals surface area contributed by atoms with Gasteiger partial charge in [-0.25, -0.2) is 0 Å². The van der Waals surface area contributed by atoms with Crippen LogP contribution in [0.25, 0.3) is 0 Å². The molecule has 1 aliphatic heterocycles. The van der Waals surface area contributed by atoms with Crippen LogP contribution in [0, 0.1) is 0 Å². The summed E-state index contributed by atoms with van der Waals surface area (Å²) in [5.74, 6) is 0. The average Bonchev–Trinajstić information content (AvgIpc) is 2.78. The molecule has 0 aliphatic carbocycles. The fourth-order valence-electron chi connectivity index (χ4n) is 2.36. The quantitative estimate of drug-likeness (QED) is 0.918. The SMILES string of the molecule is CNCC1CN(Cc2ccc(C(C)(C)C)s2)CCO1. The molecule has 1 unspecified atom stereocenters. The van der Waals surface area contributed by atoms with E-state index in [1.807, 2.05) is 18.4 Å². The lowest BCUT2D eigenvalue weighted by Gasteiger charge is -2.32. The minimum Gasteiger partial charge on any atom is -0.374 e. The third-order valence-corrected chi connectivity index (χ3v) is 4.93. The number of hydrogen-bond donors (Lipinski definition) is 1. The Morgan fingerprint density at radius 3 is 2.84 bits per heavy atom. The molecule has 4 heteroatoms. The van der Waals surface area contributed by atoms with Gasteiger partial charge < -0.3 is 10.1 Å². The second-order valence-electron chi connectivity index (χ2n) is 6.30. The average molecular weight is 282 g/mol. The standard InChI is InChI=1S/C15H26N2OS/c1-15(2,3)14-6-5-13(19-14)11-17-7-8-18-12(10-17)9-16-4/h5-6,12,16H,7-11H2,1-4H3. The van der Waals surface area contributed by atoms with Crippen molar-refractivity contribution in [3.05, 3.63) is 21.9 Å². The zero-order valence-electron chi connectivity index (χ0n) is 12.5. The maximum Gasteiger partial charge on any atom is 0.0826 e. The zero-order chi connectivity index (χ0) is 13.9. The molecule has 0 bridgehead atoms. The number of nitrogens with one attached hydrogen (secondary N) is 1. The van der Waals surface area contributed by atoms with E-state index in [9.17, 15) is 0 Å². The van der Waals surface area contributed by atoms with Crippen LogP contribution in [0.3, 0.4) is 0 Å². The smallest absolute Gasteiger partial charge is 0.0826 e. The zero-order valence-corrected chi connectivity index (χ0v) is 13.3. The molecular weight excluding hydrogens is 256 g/mol. The van der Waals surface area contributed by atoms with Crippen molar-refractivity contribution in [2.75, 3.05) is 33.3 Å². The molecule has 3 nitrogen and oxygen atoms in total. The molecule has 2 rings (SSSR count). The summed E-state index contributed by atoms with van der Waals surface area (Å²) in [6.45, 7) is 11.8. The number of hydrogen-bond acceptors (Lipinski definition) is 4. The van der Waals surface area contributed by atoms with Crippen LogP contribution in [0.4, 0.5) is 0 Å². The lowest BCUT2D eigenvalue weighted by atomic mass is 9.95. The van der Waals surface area contributed by atoms with E-state index in [-0.39, 0.29) is 5.41 Å². The predicted molar refractivity (Wildman–Crippen MR) is 82.0 cm³/mol. The van der Waals surface area contributed by atoms with E-state index < -0.39 is 0 Å². The molecule has 1 atom stereocenters. The number of ether oxygens (including phenoxy) is 1. The Kier molecular flexibility index (Phi) is 5.01. The normalized spacial score (nSPS) is 21.8. The van der Waals surface area contributed by atoms with Gasteiger partial charge in [0.15, 0.2) is 0 Å². The molecule has 19 heavy (non-hydrogen) atoms. The molecule has 0 spiro atoms. The Morgan fingerprint density at radius 1 is 1.42 bits per heavy atom. The van der Waals surface area contributed by atoms with Gasteiger partial charge in [0.1, 0.15) is 0 Å². The first-order valence-electron chi connectivity index (χ1n) is 7.07. The van der Waals surface area contributed by atoms with E-state index in [0.717, 1.165) is 32.8 Å². The Hall–Kier alpha value is -0.420. The summed E-state index contributed by atoms with van der Waals surface area (Å²) in [4.78, 5) is 5.45. The third kappa shape index (κ3) is 4.28. The number of rotatable bonds is 4. The van der Waals surface area contributed by atoms with Crippen LogP contribution >= 0.6 is 11.3 Å². The van der Waals surface area contributed by atoms with Crippen LogP contribution in [0.15, 0.2) is 12.1 Å². The first kappa shape index (κ1) is 15.0. The molecule has 0 aromatic carbocycles. The fraction of sp³-hybridized carbons (Fsp3) is 0.733. The van der Waals surface area contributed by atoms with E-state index >= 15 is 0 Å². The predicted octanol–water partition coefficient (Wildman–Crippen LogP) is 2.47. The minimum absolute atomic E-state index is 0.266. The van der Waals surface area contributed by atoms with Gasteiger partial charge in [-0.1, -0.05) is 20.8 Å². The van der Waals surface area contributed by atoms with Gasteiger partial charge >= 0.3 is 0 Å². The molecule has 1 N–H and O–H groups in total. The van der Waals surface area contributed by atoms with Crippen LogP contribution in [0.5, 0.6) is 0 Å². The van der Waals surface area contributed by atoms with Gasteiger partial charge in [-0.2, -0.15) is 0 Å². The van der Waals surface area contributed by atoms with Gasteiger partial charge in [0.2, 0.25) is 0 Å². The highest BCUT2D eigenvalue weighted by Crippen LogP contribution is 2.30. The third-order valence-electron chi connectivity index (χ3n) is 3.43. The Bertz CT molecular complexity index is 395. The Balaban J connectivity index is 1.92. The summed E-state index contributed by atoms with van der Waals surface area (Å²) in [7, 11) is 1.98. The summed E-state index contributed by atoms with van der Waals surface area (Å²) in [6, 6.07) is 4.57. The lowest BCUT2D eigenvalue weighted by Crippen LogP contribution is -2.45. The molecule has 108 valence electrons. The van der Waals surface area contributed by atoms with Gasteiger partial charge in [0.25, 0.3) is 0 Å². The summed E-state index contributed by atoms with van der Waals surface area (Å²) in [5, 5.41) is 3.20. The minimum atomic E-state index is 0.266. The highest BCUT2D eigenvalue weighted by atomic mass is 32.1. The van der Waals surface area contributed by atoms with E-state index in [0.29, 0.717) is 6.10 Å². The molecule has 2 heterocycles. The number of thiophene rings is 1. The van der Waals surface area contributed by atoms with Crippen LogP contribution in [-0.4, -0.2) is 44.3 Å². The summed E-state index contributed by atoms with van der Waals surface area (Å²) in [6.07, 6.45) is 0.334. The number of morpholine rings is 1. The molecule has 1 aliphatic rings. The first-order valence-corrected chi connectivity index (χ1v) is 7.88. The van der Waals surface area contributed by atoms with Crippen LogP contribution in [-0.2, 0) is 16.7 Å². The molecule has 0 saturated carbocycles. The van der Waals surface area contributed by atoms with Crippen molar-refractivity contribution in [1.29, 1.82) is 0 Å². The van der Waals surface area contributed by atoms with Crippen molar-refractivity contribution in [3.8, 4) is 0 Å². The van der Waals surface area contributed by atoms with Crippen LogP contribution < -0.4 is 5.32 Å². The number of likely N-dealkylation sites (N-methyl/N-ethyl adjacent to an activating group) is 1. The lowest BCUT2D eigenvalue weighted by molar-refractivity contribution is -0.0288. The topological polar surface area (TPSA) is 24.5 Å². The molecule has 1 saturated heterocycles. The molecular formula is C15H26N2OS. The Labute approximate surface area is 121 Å². The van der Waals surface area contributed by atoms with E-state index in [1.54, 1.807) is 0 Å². The van der Waals surface area contributed by atoms with Gasteiger partial charge in [0.05, 0.1) is 12.7 Å². The second-order valence-corrected chi connectivity index (χ2v) is 7.47. The van der Waals surface area contributed by atoms with Crippen molar-refractivity contribution in [3.63, 3.8) is 0 Å². The maximum atomic E-state index is 5.74. The summed E-state index contributed by atoms with van der Waals surface area (Å²) in [5.41, 5.74) is 0.266. The molecule has 1 fully saturated rings. The number of nitrogens with zero attached hydrogens (tertiary/aromatic N) is 1. The van der Waals surface area contributed by atoms with Gasteiger partial charge in [0, 0.05) is 35.9 Å². The fourth-order valence-corrected chi connectivity index (χ4v) is 3.47. The van der Waals surface area contributed by atoms with Gasteiger partial charge in [-0.05, 0) is 24.6 Å². The van der Waals surface area contributed by atoms with E-state index in [2.05, 4.69) is 43.1 Å². The van der Waals surface area contributed by atoms with Gasteiger partial charge in [-0.15, -0.1) is 11.3 Å². The second kappa shape index (κ2) is 6.35. The summed E-state index contributed by atoms with van der Waals surface area (Å²) < 4.78 is 5.74. The highest BCUT2D eigenvalue weighted by Gasteiger charge is 2.21. The first-order chi connectivity index (χ1) is 8.99. The van der Waals surface area contributed by atoms with Crippen LogP contribution in [0.1, 0.15) is 30.5 Å². The highest BCUT2D eigenvalue weighted by molar-refractivity contribution is 7.12. The monoisotopic (exact) mass is 282 g/mol. The van der Waals surface area contributed by atoms with Crippen LogP contribution in [0.2, 0.25) is 0 Å². The molecule has 1 aromatic rings. The van der Waals surface area contributed by atoms with Crippen molar-refractivity contribution in [2.24, 2.45) is 0 Å². The largest absolute Gasteiger partial charge is 0.374 e. The van der Waals surface area contributed by atoms with Crippen molar-refractivity contribution < 1.29 is 4.74 Å². The van der Waals surface area contributed by atoms with Crippen molar-refractivity contribution in [2.45, 2.75) is 38.8 Å². The summed E-state index contributed by atoms with van der Waals surface area (Å²) >= 11 is 1.95. The maximum absolute atomic E-state index is 5.74. The van der Waals surface area contributed by atoms with E-state index in [1.165, 1.54) is 9.75 Å². The van der Waals surface area contributed by atoms with E-state index in [4.69, 9.17) is 4.74 Å². The van der Waals surface area contributed by atoms with Crippen molar-refractivity contribution in [1.82, 2.24) is 10.2 Å². The van der Waals surface area contributed by atoms with Crippen molar-refractivity contribution >= 4 is 11.3 Å². The Morgan fingerprint density at radius 2 is 2.21 bits per heavy atom. The molecule has 0 radical (unpaired) electrons. The molecule has 0 amide bonds.